The zero-order valence-electron chi connectivity index (χ0n) is 9.34. The van der Waals surface area contributed by atoms with Crippen LogP contribution in [0.2, 0.25) is 0 Å². The van der Waals surface area contributed by atoms with Crippen molar-refractivity contribution in [2.45, 2.75) is 32.1 Å². The molecule has 1 aliphatic rings. The summed E-state index contributed by atoms with van der Waals surface area (Å²) in [4.78, 5) is 18.6. The minimum atomic E-state index is -2.46. The van der Waals surface area contributed by atoms with E-state index in [1.807, 2.05) is 0 Å². The molecule has 0 spiro atoms. The Morgan fingerprint density at radius 1 is 1.41 bits per heavy atom. The fourth-order valence-corrected chi connectivity index (χ4v) is 1.95. The van der Waals surface area contributed by atoms with E-state index >= 15 is 0 Å². The third kappa shape index (κ3) is 3.09. The first-order valence-electron chi connectivity index (χ1n) is 5.63. The van der Waals surface area contributed by atoms with Crippen LogP contribution in [-0.2, 0) is 24.0 Å². The van der Waals surface area contributed by atoms with Crippen LogP contribution in [0.25, 0.3) is 0 Å². The van der Waals surface area contributed by atoms with E-state index in [0.29, 0.717) is 12.2 Å². The van der Waals surface area contributed by atoms with Crippen molar-refractivity contribution in [3.8, 4) is 0 Å². The molecule has 0 amide bonds. The quantitative estimate of drug-likeness (QED) is 0.789. The lowest BCUT2D eigenvalue weighted by atomic mass is 10.2. The summed E-state index contributed by atoms with van der Waals surface area (Å²) in [6.45, 7) is -0.429. The number of H-pyrrole nitrogens is 1. The maximum Gasteiger partial charge on any atom is 0.261 e. The Kier molecular flexibility index (Phi) is 3.83. The number of aryl methyl sites for hydroxylation is 1. The second-order valence-electron chi connectivity index (χ2n) is 4.01. The standard InChI is InChI=1S/C11H14F2N2O2/c12-9(13)6-17-5-4-10-14-8-3-1-2-7(8)11(16)15-10/h9H,1-6H2,(H,14,15,16). The second-order valence-corrected chi connectivity index (χ2v) is 4.01. The van der Waals surface area contributed by atoms with Gasteiger partial charge in [0.1, 0.15) is 12.4 Å². The summed E-state index contributed by atoms with van der Waals surface area (Å²) in [5.74, 6) is 0.518. The van der Waals surface area contributed by atoms with Crippen LogP contribution < -0.4 is 5.56 Å². The molecule has 4 nitrogen and oxygen atoms in total. The minimum Gasteiger partial charge on any atom is -0.375 e. The van der Waals surface area contributed by atoms with Gasteiger partial charge in [0.05, 0.1) is 12.3 Å². The number of ether oxygens (including phenoxy) is 1. The van der Waals surface area contributed by atoms with Gasteiger partial charge in [-0.1, -0.05) is 0 Å². The van der Waals surface area contributed by atoms with E-state index in [4.69, 9.17) is 4.74 Å². The van der Waals surface area contributed by atoms with E-state index in [0.717, 1.165) is 30.5 Å². The molecule has 0 aromatic carbocycles. The van der Waals surface area contributed by atoms with Crippen LogP contribution in [0, 0.1) is 0 Å². The van der Waals surface area contributed by atoms with Crippen LogP contribution in [0.1, 0.15) is 23.5 Å². The molecule has 0 unspecified atom stereocenters. The normalized spacial score (nSPS) is 14.3. The third-order valence-electron chi connectivity index (χ3n) is 2.72. The van der Waals surface area contributed by atoms with Crippen LogP contribution in [0.15, 0.2) is 4.79 Å². The Morgan fingerprint density at radius 2 is 2.24 bits per heavy atom. The van der Waals surface area contributed by atoms with Crippen molar-refractivity contribution in [2.24, 2.45) is 0 Å². The van der Waals surface area contributed by atoms with Gasteiger partial charge in [-0.15, -0.1) is 0 Å². The first kappa shape index (κ1) is 12.2. The van der Waals surface area contributed by atoms with E-state index in [1.54, 1.807) is 0 Å². The van der Waals surface area contributed by atoms with Crippen LogP contribution >= 0.6 is 0 Å². The van der Waals surface area contributed by atoms with Crippen molar-refractivity contribution < 1.29 is 13.5 Å². The van der Waals surface area contributed by atoms with Gasteiger partial charge in [0.15, 0.2) is 0 Å². The molecule has 1 heterocycles. The molecule has 1 aromatic heterocycles. The second kappa shape index (κ2) is 5.35. The summed E-state index contributed by atoms with van der Waals surface area (Å²) >= 11 is 0. The van der Waals surface area contributed by atoms with Gasteiger partial charge in [0, 0.05) is 12.0 Å². The molecular formula is C11H14F2N2O2. The Balaban J connectivity index is 1.94. The van der Waals surface area contributed by atoms with Crippen LogP contribution in [0.5, 0.6) is 0 Å². The number of nitrogens with one attached hydrogen (secondary N) is 1. The molecule has 0 atom stereocenters. The summed E-state index contributed by atoms with van der Waals surface area (Å²) in [5.41, 5.74) is 1.51. The van der Waals surface area contributed by atoms with E-state index < -0.39 is 13.0 Å². The number of halogens is 2. The Hall–Kier alpha value is -1.30. The van der Waals surface area contributed by atoms with Gasteiger partial charge in [-0.2, -0.15) is 0 Å². The van der Waals surface area contributed by atoms with Crippen molar-refractivity contribution in [2.75, 3.05) is 13.2 Å². The summed E-state index contributed by atoms with van der Waals surface area (Å²) in [5, 5.41) is 0. The van der Waals surface area contributed by atoms with Crippen molar-refractivity contribution >= 4 is 0 Å². The van der Waals surface area contributed by atoms with Crippen molar-refractivity contribution in [1.29, 1.82) is 0 Å². The largest absolute Gasteiger partial charge is 0.375 e. The molecule has 0 fully saturated rings. The molecule has 0 saturated carbocycles. The molecule has 6 heteroatoms. The number of fused-ring (bicyclic) bond motifs is 1. The summed E-state index contributed by atoms with van der Waals surface area (Å²) < 4.78 is 28.4. The van der Waals surface area contributed by atoms with Crippen molar-refractivity contribution in [3.63, 3.8) is 0 Å². The average Bonchev–Trinajstić information content (AvgIpc) is 2.72. The number of aromatic nitrogens is 2. The van der Waals surface area contributed by atoms with Gasteiger partial charge < -0.3 is 9.72 Å². The number of hydrogen-bond donors (Lipinski definition) is 1. The lowest BCUT2D eigenvalue weighted by Gasteiger charge is -2.05. The highest BCUT2D eigenvalue weighted by atomic mass is 19.3. The molecule has 2 rings (SSSR count). The van der Waals surface area contributed by atoms with Gasteiger partial charge in [0.2, 0.25) is 0 Å². The molecule has 0 aliphatic heterocycles. The Morgan fingerprint density at radius 3 is 3.00 bits per heavy atom. The highest BCUT2D eigenvalue weighted by Crippen LogP contribution is 2.15. The summed E-state index contributed by atoms with van der Waals surface area (Å²) in [7, 11) is 0. The van der Waals surface area contributed by atoms with Gasteiger partial charge in [0.25, 0.3) is 12.0 Å². The number of hydrogen-bond acceptors (Lipinski definition) is 3. The molecule has 0 saturated heterocycles. The van der Waals surface area contributed by atoms with Crippen molar-refractivity contribution in [3.05, 3.63) is 27.4 Å². The minimum absolute atomic E-state index is 0.101. The fraction of sp³-hybridized carbons (Fsp3) is 0.636. The van der Waals surface area contributed by atoms with E-state index in [2.05, 4.69) is 9.97 Å². The predicted octanol–water partition coefficient (Wildman–Crippen LogP) is 1.08. The topological polar surface area (TPSA) is 55.0 Å². The van der Waals surface area contributed by atoms with Crippen LogP contribution in [0.4, 0.5) is 8.78 Å². The molecule has 1 N–H and O–H groups in total. The molecule has 0 bridgehead atoms. The number of alkyl halides is 2. The van der Waals surface area contributed by atoms with Gasteiger partial charge in [-0.25, -0.2) is 13.8 Å². The lowest BCUT2D eigenvalue weighted by Crippen LogP contribution is -2.18. The molecule has 94 valence electrons. The zero-order valence-corrected chi connectivity index (χ0v) is 9.34. The van der Waals surface area contributed by atoms with Crippen molar-refractivity contribution in [1.82, 2.24) is 9.97 Å². The molecule has 17 heavy (non-hydrogen) atoms. The van der Waals surface area contributed by atoms with Gasteiger partial charge >= 0.3 is 0 Å². The summed E-state index contributed by atoms with van der Waals surface area (Å²) in [6.07, 6.45) is 0.456. The highest BCUT2D eigenvalue weighted by Gasteiger charge is 2.16. The third-order valence-corrected chi connectivity index (χ3v) is 2.72. The van der Waals surface area contributed by atoms with Gasteiger partial charge in [-0.3, -0.25) is 4.79 Å². The smallest absolute Gasteiger partial charge is 0.261 e. The first-order valence-corrected chi connectivity index (χ1v) is 5.63. The fourth-order valence-electron chi connectivity index (χ4n) is 1.95. The monoisotopic (exact) mass is 244 g/mol. The molecular weight excluding hydrogens is 230 g/mol. The van der Waals surface area contributed by atoms with E-state index in [1.165, 1.54) is 0 Å². The average molecular weight is 244 g/mol. The molecule has 1 aliphatic carbocycles. The Labute approximate surface area is 97.0 Å². The summed E-state index contributed by atoms with van der Waals surface area (Å²) in [6, 6.07) is 0. The van der Waals surface area contributed by atoms with Crippen LogP contribution in [0.3, 0.4) is 0 Å². The van der Waals surface area contributed by atoms with E-state index in [-0.39, 0.29) is 12.2 Å². The predicted molar refractivity (Wildman–Crippen MR) is 57.4 cm³/mol. The maximum absolute atomic E-state index is 11.8. The van der Waals surface area contributed by atoms with Crippen LogP contribution in [-0.4, -0.2) is 29.6 Å². The SMILES string of the molecule is O=c1[nH]c(CCOCC(F)F)nc2c1CCC2. The number of nitrogens with zero attached hydrogens (tertiary/aromatic N) is 1. The number of aromatic amines is 1. The Bertz CT molecular complexity index is 446. The molecule has 0 radical (unpaired) electrons. The lowest BCUT2D eigenvalue weighted by molar-refractivity contribution is 0.0182. The highest BCUT2D eigenvalue weighted by molar-refractivity contribution is 5.22. The zero-order chi connectivity index (χ0) is 12.3. The molecule has 1 aromatic rings. The van der Waals surface area contributed by atoms with E-state index in [9.17, 15) is 13.6 Å². The maximum atomic E-state index is 11.8. The van der Waals surface area contributed by atoms with Gasteiger partial charge in [-0.05, 0) is 19.3 Å². The number of rotatable bonds is 5. The first-order chi connectivity index (χ1) is 8.16.